The van der Waals surface area contributed by atoms with Gasteiger partial charge in [0.1, 0.15) is 11.5 Å². The van der Waals surface area contributed by atoms with Gasteiger partial charge in [0.2, 0.25) is 17.0 Å². The summed E-state index contributed by atoms with van der Waals surface area (Å²) in [6.45, 7) is 3.79. The minimum atomic E-state index is 0.144. The molecule has 0 saturated heterocycles. The Balaban J connectivity index is 1.66. The van der Waals surface area contributed by atoms with E-state index in [9.17, 15) is 0 Å². The van der Waals surface area contributed by atoms with Crippen molar-refractivity contribution in [2.24, 2.45) is 4.99 Å². The fourth-order valence-corrected chi connectivity index (χ4v) is 3.89. The number of benzene rings is 2. The van der Waals surface area contributed by atoms with Gasteiger partial charge >= 0.3 is 0 Å². The highest BCUT2D eigenvalue weighted by Crippen LogP contribution is 2.36. The van der Waals surface area contributed by atoms with Crippen LogP contribution in [-0.4, -0.2) is 40.2 Å². The first kappa shape index (κ1) is 25.1. The van der Waals surface area contributed by atoms with Gasteiger partial charge in [-0.25, -0.2) is 9.97 Å². The van der Waals surface area contributed by atoms with Crippen LogP contribution in [0.3, 0.4) is 0 Å². The van der Waals surface area contributed by atoms with Crippen LogP contribution in [0.5, 0.6) is 11.5 Å². The number of thiocarbonyl (C=S) groups is 1. The summed E-state index contributed by atoms with van der Waals surface area (Å²) in [6.07, 6.45) is 1.71. The van der Waals surface area contributed by atoms with Gasteiger partial charge in [-0.2, -0.15) is 4.99 Å². The number of ether oxygens (including phenoxy) is 2. The molecular weight excluding hydrogens is 498 g/mol. The average molecular weight is 522 g/mol. The molecule has 0 aliphatic rings. The number of methoxy groups -OCH3 is 2. The maximum absolute atomic E-state index is 6.22. The summed E-state index contributed by atoms with van der Waals surface area (Å²) < 4.78 is 10.7. The largest absolute Gasteiger partial charge is 0.495 e. The topological polar surface area (TPSA) is 106 Å². The molecule has 184 valence electrons. The molecule has 0 aliphatic heterocycles. The maximum Gasteiger partial charge on any atom is 0.229 e. The summed E-state index contributed by atoms with van der Waals surface area (Å²) in [5.74, 6) is 1.63. The molecule has 0 fully saturated rings. The van der Waals surface area contributed by atoms with E-state index in [2.05, 4.69) is 35.9 Å². The van der Waals surface area contributed by atoms with Crippen LogP contribution in [0.4, 0.5) is 17.3 Å². The second kappa shape index (κ2) is 11.1. The predicted molar refractivity (Wildman–Crippen MR) is 149 cm³/mol. The number of halogens is 1. The number of nitrogens with one attached hydrogen (secondary N) is 3. The highest BCUT2D eigenvalue weighted by molar-refractivity contribution is 7.80. The van der Waals surface area contributed by atoms with Gasteiger partial charge in [-0.05, 0) is 44.3 Å². The number of hydrogen-bond donors (Lipinski definition) is 3. The monoisotopic (exact) mass is 521 g/mol. The number of aryl methyl sites for hydroxylation is 2. The molecule has 36 heavy (non-hydrogen) atoms. The highest BCUT2D eigenvalue weighted by atomic mass is 35.5. The molecule has 11 heteroatoms. The van der Waals surface area contributed by atoms with Crippen LogP contribution >= 0.6 is 23.8 Å². The average Bonchev–Trinajstić information content (AvgIpc) is 2.84. The van der Waals surface area contributed by atoms with Crippen LogP contribution in [-0.2, 0) is 0 Å². The molecule has 0 atom stereocenters. The molecular formula is C25H24ClN7O2S. The summed E-state index contributed by atoms with van der Waals surface area (Å²) in [6, 6.07) is 15.0. The van der Waals surface area contributed by atoms with Crippen molar-refractivity contribution in [3.8, 4) is 11.5 Å². The van der Waals surface area contributed by atoms with Crippen molar-refractivity contribution >= 4 is 63.1 Å². The van der Waals surface area contributed by atoms with Gasteiger partial charge in [-0.3, -0.25) is 10.3 Å². The quantitative estimate of drug-likeness (QED) is 0.176. The number of fused-ring (bicyclic) bond motifs is 1. The van der Waals surface area contributed by atoms with Crippen LogP contribution in [0.2, 0.25) is 5.02 Å². The zero-order chi connectivity index (χ0) is 25.7. The van der Waals surface area contributed by atoms with Gasteiger partial charge in [0.15, 0.2) is 0 Å². The van der Waals surface area contributed by atoms with Gasteiger partial charge in [-0.1, -0.05) is 29.8 Å². The molecule has 4 rings (SSSR count). The highest BCUT2D eigenvalue weighted by Gasteiger charge is 2.13. The number of nitrogens with zero attached hydrogens (tertiary/aromatic N) is 4. The van der Waals surface area contributed by atoms with Crippen molar-refractivity contribution in [1.82, 2.24) is 15.0 Å². The van der Waals surface area contributed by atoms with E-state index in [1.807, 2.05) is 50.2 Å². The number of hydrogen-bond acceptors (Lipinski definition) is 6. The minimum absolute atomic E-state index is 0.144. The number of rotatable bonds is 5. The van der Waals surface area contributed by atoms with Crippen LogP contribution < -0.4 is 25.4 Å². The van der Waals surface area contributed by atoms with Crippen molar-refractivity contribution in [2.45, 2.75) is 13.8 Å². The molecule has 3 N–H and O–H groups in total. The normalized spacial score (nSPS) is 11.2. The Bertz CT molecular complexity index is 1440. The van der Waals surface area contributed by atoms with Crippen LogP contribution in [0.15, 0.2) is 59.7 Å². The third-order valence-corrected chi connectivity index (χ3v) is 5.48. The van der Waals surface area contributed by atoms with E-state index < -0.39 is 0 Å². The van der Waals surface area contributed by atoms with E-state index in [0.717, 1.165) is 22.3 Å². The molecule has 0 bridgehead atoms. The van der Waals surface area contributed by atoms with Gasteiger partial charge in [0, 0.05) is 28.9 Å². The Morgan fingerprint density at radius 3 is 2.36 bits per heavy atom. The van der Waals surface area contributed by atoms with Gasteiger partial charge in [0.05, 0.1) is 42.3 Å². The predicted octanol–water partition coefficient (Wildman–Crippen LogP) is 5.59. The van der Waals surface area contributed by atoms with Crippen LogP contribution in [0, 0.1) is 13.8 Å². The van der Waals surface area contributed by atoms with Gasteiger partial charge in [0.25, 0.3) is 0 Å². The van der Waals surface area contributed by atoms with E-state index in [4.69, 9.17) is 33.3 Å². The van der Waals surface area contributed by atoms with E-state index in [1.54, 1.807) is 18.3 Å². The van der Waals surface area contributed by atoms with E-state index in [0.29, 0.717) is 39.8 Å². The van der Waals surface area contributed by atoms with Crippen molar-refractivity contribution in [2.75, 3.05) is 30.2 Å². The molecule has 9 nitrogen and oxygen atoms in total. The lowest BCUT2D eigenvalue weighted by Crippen LogP contribution is -2.26. The fraction of sp³-hybridized carbons (Fsp3) is 0.160. The third-order valence-electron chi connectivity index (χ3n) is 4.99. The van der Waals surface area contributed by atoms with E-state index >= 15 is 0 Å². The SMILES string of the molecule is COc1cc(NC(=S)/N=C(/Nc2cnc3ccccc3c2)Nc2nc(C)cc(C)n2)c(OC)cc1Cl. The molecule has 0 amide bonds. The van der Waals surface area contributed by atoms with Crippen molar-refractivity contribution in [3.63, 3.8) is 0 Å². The minimum Gasteiger partial charge on any atom is -0.495 e. The number of anilines is 3. The number of aromatic nitrogens is 3. The Morgan fingerprint density at radius 2 is 1.64 bits per heavy atom. The summed E-state index contributed by atoms with van der Waals surface area (Å²) >= 11 is 11.7. The van der Waals surface area contributed by atoms with Crippen molar-refractivity contribution < 1.29 is 9.47 Å². The molecule has 0 saturated carbocycles. The maximum atomic E-state index is 6.22. The smallest absolute Gasteiger partial charge is 0.229 e. The zero-order valence-electron chi connectivity index (χ0n) is 20.1. The number of pyridine rings is 1. The Kier molecular flexibility index (Phi) is 7.77. The first-order valence-corrected chi connectivity index (χ1v) is 11.7. The lowest BCUT2D eigenvalue weighted by Gasteiger charge is -2.15. The summed E-state index contributed by atoms with van der Waals surface area (Å²) in [7, 11) is 3.07. The Hall–Kier alpha value is -4.02. The second-order valence-electron chi connectivity index (χ2n) is 7.72. The fourth-order valence-electron chi connectivity index (χ4n) is 3.45. The zero-order valence-corrected chi connectivity index (χ0v) is 21.7. The van der Waals surface area contributed by atoms with E-state index in [-0.39, 0.29) is 5.11 Å². The first-order valence-electron chi connectivity index (χ1n) is 10.9. The lowest BCUT2D eigenvalue weighted by atomic mass is 10.2. The van der Waals surface area contributed by atoms with E-state index in [1.165, 1.54) is 14.2 Å². The van der Waals surface area contributed by atoms with Crippen LogP contribution in [0.25, 0.3) is 10.9 Å². The molecule has 2 aromatic carbocycles. The third kappa shape index (κ3) is 6.15. The van der Waals surface area contributed by atoms with Gasteiger partial charge < -0.3 is 20.1 Å². The number of para-hydroxylation sites is 1. The lowest BCUT2D eigenvalue weighted by molar-refractivity contribution is 0.405. The molecule has 2 aromatic heterocycles. The first-order chi connectivity index (χ1) is 17.3. The van der Waals surface area contributed by atoms with Crippen LogP contribution in [0.1, 0.15) is 11.4 Å². The molecule has 0 spiro atoms. The Labute approximate surface area is 219 Å². The van der Waals surface area contributed by atoms with Gasteiger partial charge in [-0.15, -0.1) is 0 Å². The number of aliphatic imine (C=N–C) groups is 1. The number of guanidine groups is 1. The molecule has 0 unspecified atom stereocenters. The molecule has 4 aromatic rings. The molecule has 0 aliphatic carbocycles. The summed E-state index contributed by atoms with van der Waals surface area (Å²) in [5, 5.41) is 10.9. The second-order valence-corrected chi connectivity index (χ2v) is 8.51. The standard InChI is InChI=1S/C25H24ClN7O2S/c1-14-9-15(2)29-23(28-14)32-24(30-17-10-16-7-5-6-8-19(16)27-13-17)33-25(36)31-20-12-21(34-3)18(26)11-22(20)35-4/h5-13H,1-4H3,(H3,28,29,30,31,32,33,36). The van der Waals surface area contributed by atoms with Crippen molar-refractivity contribution in [1.29, 1.82) is 0 Å². The summed E-state index contributed by atoms with van der Waals surface area (Å²) in [5.41, 5.74) is 3.76. The summed E-state index contributed by atoms with van der Waals surface area (Å²) in [4.78, 5) is 17.9. The van der Waals surface area contributed by atoms with Crippen molar-refractivity contribution in [3.05, 3.63) is 71.1 Å². The Morgan fingerprint density at radius 1 is 0.917 bits per heavy atom. The molecule has 0 radical (unpaired) electrons. The molecule has 2 heterocycles.